The zero-order valence-corrected chi connectivity index (χ0v) is 7.99. The second-order valence-corrected chi connectivity index (χ2v) is 3.97. The summed E-state index contributed by atoms with van der Waals surface area (Å²) in [4.78, 5) is 13.3. The highest BCUT2D eigenvalue weighted by Gasteiger charge is 2.55. The van der Waals surface area contributed by atoms with Crippen molar-refractivity contribution in [3.05, 3.63) is 0 Å². The largest absolute Gasteiger partial charge is 0.338 e. The van der Waals surface area contributed by atoms with Gasteiger partial charge in [0.05, 0.1) is 0 Å². The van der Waals surface area contributed by atoms with Crippen LogP contribution in [-0.2, 0) is 0 Å². The van der Waals surface area contributed by atoms with Gasteiger partial charge in [-0.2, -0.15) is 0 Å². The molecule has 0 radical (unpaired) electrons. The summed E-state index contributed by atoms with van der Waals surface area (Å²) in [5.74, 6) is 2.10. The third-order valence-corrected chi connectivity index (χ3v) is 3.26. The number of likely N-dealkylation sites (tertiary alicyclic amines) is 1. The molecule has 4 heteroatoms. The first-order valence-electron chi connectivity index (χ1n) is 5.00. The van der Waals surface area contributed by atoms with Crippen LogP contribution >= 0.6 is 0 Å². The molecule has 1 aliphatic heterocycles. The van der Waals surface area contributed by atoms with E-state index in [1.54, 1.807) is 0 Å². The predicted octanol–water partition coefficient (Wildman–Crippen LogP) is -0.148. The van der Waals surface area contributed by atoms with Crippen LogP contribution in [0.2, 0.25) is 0 Å². The molecule has 0 bridgehead atoms. The molecule has 0 aromatic carbocycles. The summed E-state index contributed by atoms with van der Waals surface area (Å²) in [5, 5.41) is 2.82. The number of hydrogen-bond acceptors (Lipinski definition) is 2. The number of carbonyl (C=O) groups is 1. The number of hydrogen-bond donors (Lipinski definition) is 2. The third-order valence-electron chi connectivity index (χ3n) is 3.26. The fourth-order valence-corrected chi connectivity index (χ4v) is 2.43. The summed E-state index contributed by atoms with van der Waals surface area (Å²) in [5.41, 5.74) is 5.59. The summed E-state index contributed by atoms with van der Waals surface area (Å²) < 4.78 is 0. The van der Waals surface area contributed by atoms with Gasteiger partial charge in [0, 0.05) is 19.6 Å². The maximum absolute atomic E-state index is 11.4. The molecule has 2 rings (SSSR count). The maximum Gasteiger partial charge on any atom is 0.317 e. The first kappa shape index (κ1) is 8.81. The molecule has 4 nitrogen and oxygen atoms in total. The first-order chi connectivity index (χ1) is 6.27. The monoisotopic (exact) mass is 183 g/mol. The van der Waals surface area contributed by atoms with Crippen LogP contribution in [0.25, 0.3) is 0 Å². The van der Waals surface area contributed by atoms with Gasteiger partial charge in [0.2, 0.25) is 0 Å². The van der Waals surface area contributed by atoms with E-state index in [1.807, 2.05) is 11.8 Å². The summed E-state index contributed by atoms with van der Waals surface area (Å²) >= 11 is 0. The Labute approximate surface area is 78.5 Å². The summed E-state index contributed by atoms with van der Waals surface area (Å²) in [6, 6.07) is 0.0884. The van der Waals surface area contributed by atoms with E-state index in [4.69, 9.17) is 5.73 Å². The van der Waals surface area contributed by atoms with E-state index in [9.17, 15) is 4.79 Å². The molecule has 0 aromatic rings. The van der Waals surface area contributed by atoms with Gasteiger partial charge in [0.25, 0.3) is 0 Å². The quantitative estimate of drug-likeness (QED) is 0.625. The van der Waals surface area contributed by atoms with Crippen molar-refractivity contribution in [1.82, 2.24) is 10.2 Å². The van der Waals surface area contributed by atoms with E-state index in [-0.39, 0.29) is 6.03 Å². The zero-order chi connectivity index (χ0) is 9.42. The van der Waals surface area contributed by atoms with Crippen molar-refractivity contribution in [2.45, 2.75) is 6.92 Å². The smallest absolute Gasteiger partial charge is 0.317 e. The van der Waals surface area contributed by atoms with Crippen molar-refractivity contribution in [3.8, 4) is 0 Å². The van der Waals surface area contributed by atoms with Crippen molar-refractivity contribution >= 4 is 6.03 Å². The number of fused-ring (bicyclic) bond motifs is 1. The molecule has 3 N–H and O–H groups in total. The maximum atomic E-state index is 11.4. The van der Waals surface area contributed by atoms with Gasteiger partial charge in [0.15, 0.2) is 0 Å². The highest BCUT2D eigenvalue weighted by Crippen LogP contribution is 2.50. The highest BCUT2D eigenvalue weighted by molar-refractivity contribution is 5.74. The third kappa shape index (κ3) is 1.39. The number of nitrogens with two attached hydrogens (primary N) is 1. The molecule has 13 heavy (non-hydrogen) atoms. The zero-order valence-electron chi connectivity index (χ0n) is 7.99. The SMILES string of the molecule is CCNC(=O)N1CC2C(CN)C2C1. The van der Waals surface area contributed by atoms with Crippen LogP contribution in [0.15, 0.2) is 0 Å². The van der Waals surface area contributed by atoms with Crippen LogP contribution in [-0.4, -0.2) is 37.1 Å². The molecule has 2 amide bonds. The van der Waals surface area contributed by atoms with Crippen LogP contribution in [0.3, 0.4) is 0 Å². The Bertz CT molecular complexity index is 207. The van der Waals surface area contributed by atoms with Gasteiger partial charge in [-0.25, -0.2) is 4.79 Å². The Morgan fingerprint density at radius 3 is 2.62 bits per heavy atom. The lowest BCUT2D eigenvalue weighted by Crippen LogP contribution is -2.40. The Morgan fingerprint density at radius 1 is 1.54 bits per heavy atom. The minimum absolute atomic E-state index is 0.0884. The molecule has 74 valence electrons. The van der Waals surface area contributed by atoms with Gasteiger partial charge in [-0.3, -0.25) is 0 Å². The molecule has 2 atom stereocenters. The van der Waals surface area contributed by atoms with Crippen LogP contribution in [0, 0.1) is 17.8 Å². The lowest BCUT2D eigenvalue weighted by Gasteiger charge is -2.19. The molecule has 0 aromatic heterocycles. The molecule has 2 aliphatic rings. The van der Waals surface area contributed by atoms with Crippen molar-refractivity contribution < 1.29 is 4.79 Å². The first-order valence-corrected chi connectivity index (χ1v) is 5.00. The average molecular weight is 183 g/mol. The van der Waals surface area contributed by atoms with Crippen molar-refractivity contribution in [3.63, 3.8) is 0 Å². The molecular formula is C9H17N3O. The Hall–Kier alpha value is -0.770. The standard InChI is InChI=1S/C9H17N3O/c1-2-11-9(13)12-4-7-6(3-10)8(7)5-12/h6-8H,2-5,10H2,1H3,(H,11,13). The topological polar surface area (TPSA) is 58.4 Å². The molecule has 0 spiro atoms. The average Bonchev–Trinajstić information content (AvgIpc) is 2.58. The predicted molar refractivity (Wildman–Crippen MR) is 50.2 cm³/mol. The summed E-state index contributed by atoms with van der Waals surface area (Å²) in [6.45, 7) is 5.28. The number of piperidine rings is 1. The van der Waals surface area contributed by atoms with Gasteiger partial charge in [0.1, 0.15) is 0 Å². The van der Waals surface area contributed by atoms with Crippen LogP contribution < -0.4 is 11.1 Å². The fourth-order valence-electron chi connectivity index (χ4n) is 2.43. The number of carbonyl (C=O) groups excluding carboxylic acids is 1. The van der Waals surface area contributed by atoms with E-state index >= 15 is 0 Å². The van der Waals surface area contributed by atoms with Gasteiger partial charge in [-0.1, -0.05) is 0 Å². The van der Waals surface area contributed by atoms with Crippen molar-refractivity contribution in [1.29, 1.82) is 0 Å². The minimum Gasteiger partial charge on any atom is -0.338 e. The van der Waals surface area contributed by atoms with Gasteiger partial charge < -0.3 is 16.0 Å². The van der Waals surface area contributed by atoms with Gasteiger partial charge >= 0.3 is 6.03 Å². The van der Waals surface area contributed by atoms with E-state index in [1.165, 1.54) is 0 Å². The summed E-state index contributed by atoms with van der Waals surface area (Å²) in [7, 11) is 0. The molecule has 2 fully saturated rings. The number of nitrogens with one attached hydrogen (secondary N) is 1. The summed E-state index contributed by atoms with van der Waals surface area (Å²) in [6.07, 6.45) is 0. The molecular weight excluding hydrogens is 166 g/mol. The fraction of sp³-hybridized carbons (Fsp3) is 0.889. The number of urea groups is 1. The lowest BCUT2D eigenvalue weighted by molar-refractivity contribution is 0.201. The number of rotatable bonds is 2. The second kappa shape index (κ2) is 3.18. The van der Waals surface area contributed by atoms with E-state index in [2.05, 4.69) is 5.32 Å². The van der Waals surface area contributed by atoms with Crippen LogP contribution in [0.4, 0.5) is 4.79 Å². The molecule has 1 aliphatic carbocycles. The number of nitrogens with zero attached hydrogens (tertiary/aromatic N) is 1. The highest BCUT2D eigenvalue weighted by atomic mass is 16.2. The Balaban J connectivity index is 1.80. The van der Waals surface area contributed by atoms with E-state index in [0.717, 1.165) is 19.6 Å². The number of amides is 2. The van der Waals surface area contributed by atoms with Crippen molar-refractivity contribution in [2.24, 2.45) is 23.5 Å². The molecule has 1 saturated carbocycles. The Morgan fingerprint density at radius 2 is 2.15 bits per heavy atom. The second-order valence-electron chi connectivity index (χ2n) is 3.97. The van der Waals surface area contributed by atoms with Crippen molar-refractivity contribution in [2.75, 3.05) is 26.2 Å². The Kier molecular flexibility index (Phi) is 2.15. The molecule has 1 saturated heterocycles. The van der Waals surface area contributed by atoms with Gasteiger partial charge in [-0.05, 0) is 31.2 Å². The van der Waals surface area contributed by atoms with Gasteiger partial charge in [-0.15, -0.1) is 0 Å². The van der Waals surface area contributed by atoms with Crippen LogP contribution in [0.5, 0.6) is 0 Å². The van der Waals surface area contributed by atoms with E-state index < -0.39 is 0 Å². The molecule has 1 heterocycles. The molecule has 2 unspecified atom stereocenters. The van der Waals surface area contributed by atoms with E-state index in [0.29, 0.717) is 24.3 Å². The normalized spacial score (nSPS) is 35.8. The van der Waals surface area contributed by atoms with Crippen LogP contribution in [0.1, 0.15) is 6.92 Å². The minimum atomic E-state index is 0.0884. The lowest BCUT2D eigenvalue weighted by atomic mass is 10.3.